The minimum atomic E-state index is -4.22. The standard InChI is InChI=1S/C31H64NO7P/c1-3-4-5-6-7-8-9-10-11-12-13-14-15-16-17-18-19-20-21-22-23-24-26-36-28-31(39-30(2)33)29-38-40(34,35)37-27-25-32/h31H,3-29,32H2,1-2H3,(H,34,35). The van der Waals surface area contributed by atoms with Gasteiger partial charge in [0.05, 0.1) is 19.8 Å². The van der Waals surface area contributed by atoms with Gasteiger partial charge in [-0.25, -0.2) is 4.57 Å². The molecule has 0 fully saturated rings. The monoisotopic (exact) mass is 593 g/mol. The van der Waals surface area contributed by atoms with Crippen molar-refractivity contribution >= 4 is 13.8 Å². The van der Waals surface area contributed by atoms with E-state index in [1.807, 2.05) is 0 Å². The topological polar surface area (TPSA) is 117 Å². The van der Waals surface area contributed by atoms with E-state index in [2.05, 4.69) is 11.4 Å². The Morgan fingerprint density at radius 3 is 1.43 bits per heavy atom. The van der Waals surface area contributed by atoms with Crippen LogP contribution in [0.1, 0.15) is 155 Å². The molecule has 0 aliphatic heterocycles. The van der Waals surface area contributed by atoms with Crippen molar-refractivity contribution in [2.75, 3.05) is 33.0 Å². The van der Waals surface area contributed by atoms with Gasteiger partial charge >= 0.3 is 13.8 Å². The summed E-state index contributed by atoms with van der Waals surface area (Å²) >= 11 is 0. The number of esters is 1. The summed E-state index contributed by atoms with van der Waals surface area (Å²) in [6.45, 7) is 3.94. The van der Waals surface area contributed by atoms with E-state index in [9.17, 15) is 14.3 Å². The van der Waals surface area contributed by atoms with Crippen LogP contribution in [0.5, 0.6) is 0 Å². The number of carbonyl (C=O) groups excluding carboxylic acids is 1. The van der Waals surface area contributed by atoms with Gasteiger partial charge in [-0.2, -0.15) is 0 Å². The summed E-state index contributed by atoms with van der Waals surface area (Å²) in [5.41, 5.74) is 5.25. The lowest BCUT2D eigenvalue weighted by molar-refractivity contribution is -0.151. The first-order chi connectivity index (χ1) is 19.4. The normalized spacial score (nSPS) is 13.8. The van der Waals surface area contributed by atoms with Gasteiger partial charge in [0.25, 0.3) is 0 Å². The van der Waals surface area contributed by atoms with Crippen LogP contribution in [0.15, 0.2) is 0 Å². The van der Waals surface area contributed by atoms with Gasteiger partial charge in [-0.05, 0) is 6.42 Å². The Hall–Kier alpha value is -0.500. The molecule has 0 aromatic heterocycles. The Labute approximate surface area is 246 Å². The lowest BCUT2D eigenvalue weighted by Gasteiger charge is -2.19. The Kier molecular flexibility index (Phi) is 29.6. The van der Waals surface area contributed by atoms with Gasteiger partial charge in [-0.15, -0.1) is 0 Å². The lowest BCUT2D eigenvalue weighted by Crippen LogP contribution is -2.27. The van der Waals surface area contributed by atoms with Gasteiger partial charge in [-0.3, -0.25) is 13.8 Å². The smallest absolute Gasteiger partial charge is 0.458 e. The van der Waals surface area contributed by atoms with E-state index >= 15 is 0 Å². The number of rotatable bonds is 32. The third-order valence-electron chi connectivity index (χ3n) is 7.07. The van der Waals surface area contributed by atoms with Crippen molar-refractivity contribution in [3.05, 3.63) is 0 Å². The molecule has 0 aromatic rings. The van der Waals surface area contributed by atoms with Crippen LogP contribution in [-0.2, 0) is 27.9 Å². The van der Waals surface area contributed by atoms with Crippen LogP contribution >= 0.6 is 7.82 Å². The largest absolute Gasteiger partial charge is 0.472 e. The molecule has 2 unspecified atom stereocenters. The van der Waals surface area contributed by atoms with Gasteiger partial charge in [0.1, 0.15) is 6.10 Å². The fourth-order valence-corrected chi connectivity index (χ4v) is 5.53. The number of phosphoric ester groups is 1. The Morgan fingerprint density at radius 1 is 0.650 bits per heavy atom. The predicted octanol–water partition coefficient (Wildman–Crippen LogP) is 8.63. The maximum atomic E-state index is 11.7. The van der Waals surface area contributed by atoms with Crippen molar-refractivity contribution in [2.45, 2.75) is 161 Å². The number of nitrogens with two attached hydrogens (primary N) is 1. The average Bonchev–Trinajstić information content (AvgIpc) is 2.92. The molecule has 0 heterocycles. The zero-order valence-corrected chi connectivity index (χ0v) is 27.0. The van der Waals surface area contributed by atoms with Gasteiger partial charge in [-0.1, -0.05) is 142 Å². The van der Waals surface area contributed by atoms with E-state index in [4.69, 9.17) is 19.7 Å². The fourth-order valence-electron chi connectivity index (χ4n) is 4.76. The second-order valence-electron chi connectivity index (χ2n) is 11.1. The van der Waals surface area contributed by atoms with Crippen LogP contribution in [0, 0.1) is 0 Å². The van der Waals surface area contributed by atoms with E-state index in [1.54, 1.807) is 0 Å². The Balaban J connectivity index is 3.44. The first-order valence-corrected chi connectivity index (χ1v) is 18.0. The van der Waals surface area contributed by atoms with E-state index in [0.29, 0.717) is 6.61 Å². The molecule has 2 atom stereocenters. The number of hydrogen-bond donors (Lipinski definition) is 2. The van der Waals surface area contributed by atoms with Gasteiger partial charge in [0.15, 0.2) is 0 Å². The first-order valence-electron chi connectivity index (χ1n) is 16.5. The summed E-state index contributed by atoms with van der Waals surface area (Å²) in [5.74, 6) is -0.503. The highest BCUT2D eigenvalue weighted by Gasteiger charge is 2.24. The molecule has 3 N–H and O–H groups in total. The molecule has 0 amide bonds. The molecule has 8 nitrogen and oxygen atoms in total. The Bertz CT molecular complexity index is 594. The number of hydrogen-bond acceptors (Lipinski definition) is 7. The number of unbranched alkanes of at least 4 members (excludes halogenated alkanes) is 21. The van der Waals surface area contributed by atoms with E-state index in [0.717, 1.165) is 12.8 Å². The number of ether oxygens (including phenoxy) is 2. The maximum absolute atomic E-state index is 11.7. The summed E-state index contributed by atoms with van der Waals surface area (Å²) in [7, 11) is -4.22. The van der Waals surface area contributed by atoms with Crippen molar-refractivity contribution in [3.8, 4) is 0 Å². The van der Waals surface area contributed by atoms with Crippen molar-refractivity contribution in [1.29, 1.82) is 0 Å². The first kappa shape index (κ1) is 39.5. The minimum Gasteiger partial charge on any atom is -0.458 e. The molecule has 9 heteroatoms. The SMILES string of the molecule is CCCCCCCCCCCCCCCCCCCCCCCCOCC(COP(=O)(O)OCCN)OC(C)=O. The van der Waals surface area contributed by atoms with Gasteiger partial charge in [0.2, 0.25) is 0 Å². The van der Waals surface area contributed by atoms with Crippen molar-refractivity contribution in [1.82, 2.24) is 0 Å². The summed E-state index contributed by atoms with van der Waals surface area (Å²) < 4.78 is 32.0. The molecule has 0 bridgehead atoms. The van der Waals surface area contributed by atoms with Crippen LogP contribution < -0.4 is 5.73 Å². The van der Waals surface area contributed by atoms with Gasteiger partial charge < -0.3 is 20.1 Å². The third-order valence-corrected chi connectivity index (χ3v) is 8.06. The van der Waals surface area contributed by atoms with Crippen LogP contribution in [0.3, 0.4) is 0 Å². The third kappa shape index (κ3) is 30.5. The summed E-state index contributed by atoms with van der Waals surface area (Å²) in [6, 6.07) is 0. The zero-order chi connectivity index (χ0) is 29.6. The second-order valence-corrected chi connectivity index (χ2v) is 12.6. The van der Waals surface area contributed by atoms with Crippen LogP contribution in [0.4, 0.5) is 0 Å². The molecular formula is C31H64NO7P. The van der Waals surface area contributed by atoms with Crippen LogP contribution in [-0.4, -0.2) is 49.9 Å². The molecule has 0 aromatic carbocycles. The maximum Gasteiger partial charge on any atom is 0.472 e. The summed E-state index contributed by atoms with van der Waals surface area (Å²) in [5, 5.41) is 0. The van der Waals surface area contributed by atoms with Crippen LogP contribution in [0.2, 0.25) is 0 Å². The highest BCUT2D eigenvalue weighted by Crippen LogP contribution is 2.43. The van der Waals surface area contributed by atoms with Gasteiger partial charge in [0, 0.05) is 20.1 Å². The highest BCUT2D eigenvalue weighted by molar-refractivity contribution is 7.47. The molecule has 0 spiro atoms. The molecular weight excluding hydrogens is 529 g/mol. The Morgan fingerprint density at radius 2 is 1.05 bits per heavy atom. The molecule has 0 aliphatic rings. The molecule has 0 rings (SSSR count). The number of phosphoric acid groups is 1. The predicted molar refractivity (Wildman–Crippen MR) is 164 cm³/mol. The van der Waals surface area contributed by atoms with E-state index < -0.39 is 19.9 Å². The second kappa shape index (κ2) is 30.0. The molecule has 40 heavy (non-hydrogen) atoms. The molecule has 0 saturated carbocycles. The quantitative estimate of drug-likeness (QED) is 0.0452. The van der Waals surface area contributed by atoms with Crippen molar-refractivity contribution in [3.63, 3.8) is 0 Å². The molecule has 240 valence electrons. The highest BCUT2D eigenvalue weighted by atomic mass is 31.2. The summed E-state index contributed by atoms with van der Waals surface area (Å²) in [6.07, 6.45) is 29.0. The number of carbonyl (C=O) groups is 1. The zero-order valence-electron chi connectivity index (χ0n) is 26.1. The van der Waals surface area contributed by atoms with Crippen molar-refractivity contribution < 1.29 is 32.8 Å². The van der Waals surface area contributed by atoms with Crippen molar-refractivity contribution in [2.24, 2.45) is 5.73 Å². The minimum absolute atomic E-state index is 0.0952. The molecule has 0 radical (unpaired) electrons. The lowest BCUT2D eigenvalue weighted by atomic mass is 10.0. The fraction of sp³-hybridized carbons (Fsp3) is 0.968. The van der Waals surface area contributed by atoms with E-state index in [-0.39, 0.29) is 26.4 Å². The molecule has 0 saturated heterocycles. The molecule has 0 aliphatic carbocycles. The average molecular weight is 594 g/mol. The van der Waals surface area contributed by atoms with Crippen LogP contribution in [0.25, 0.3) is 0 Å². The summed E-state index contributed by atoms with van der Waals surface area (Å²) in [4.78, 5) is 20.8. The van der Waals surface area contributed by atoms with E-state index in [1.165, 1.54) is 135 Å².